The van der Waals surface area contributed by atoms with Gasteiger partial charge in [0.1, 0.15) is 17.4 Å². The van der Waals surface area contributed by atoms with E-state index in [4.69, 9.17) is 0 Å². The number of halogens is 1. The van der Waals surface area contributed by atoms with E-state index in [1.165, 1.54) is 24.3 Å². The number of nitrogens with zero attached hydrogens (tertiary/aromatic N) is 3. The largest absolute Gasteiger partial charge is 0.507 e. The fourth-order valence-electron chi connectivity index (χ4n) is 3.33. The van der Waals surface area contributed by atoms with Crippen LogP contribution >= 0.6 is 0 Å². The first-order valence-corrected chi connectivity index (χ1v) is 8.53. The maximum absolute atomic E-state index is 13.9. The highest BCUT2D eigenvalue weighted by Crippen LogP contribution is 2.33. The Bertz CT molecular complexity index is 1020. The number of phenols is 1. The summed E-state index contributed by atoms with van der Waals surface area (Å²) in [7, 11) is 0. The number of fused-ring (bicyclic) bond motifs is 1. The summed E-state index contributed by atoms with van der Waals surface area (Å²) in [5.41, 5.74) is 0.775. The predicted molar refractivity (Wildman–Crippen MR) is 98.4 cm³/mol. The summed E-state index contributed by atoms with van der Waals surface area (Å²) < 4.78 is 13.9. The van der Waals surface area contributed by atoms with Crippen molar-refractivity contribution in [3.63, 3.8) is 0 Å². The van der Waals surface area contributed by atoms with Crippen molar-refractivity contribution in [3.05, 3.63) is 48.3 Å². The number of carboxylic acid groups (broad SMARTS) is 1. The van der Waals surface area contributed by atoms with Crippen LogP contribution in [0.1, 0.15) is 6.42 Å². The molecule has 138 valence electrons. The molecule has 1 saturated heterocycles. The van der Waals surface area contributed by atoms with Crippen molar-refractivity contribution in [1.82, 2.24) is 15.3 Å². The smallest absolute Gasteiger partial charge is 0.413 e. The lowest BCUT2D eigenvalue weighted by Crippen LogP contribution is -2.41. The van der Waals surface area contributed by atoms with E-state index in [0.717, 1.165) is 4.90 Å². The maximum atomic E-state index is 13.9. The van der Waals surface area contributed by atoms with Gasteiger partial charge in [-0.25, -0.2) is 19.2 Å². The van der Waals surface area contributed by atoms with Gasteiger partial charge in [-0.2, -0.15) is 0 Å². The average Bonchev–Trinajstić information content (AvgIpc) is 3.16. The number of amides is 1. The van der Waals surface area contributed by atoms with Crippen LogP contribution in [0, 0.1) is 5.82 Å². The standard InChI is InChI=1S/C19H17FN4O3/c20-11-5-6-15-14(9-11)18(24(19(26)27)12-7-8-21-10-12)23-17(22-15)13-3-1-2-4-16(13)25/h1-6,9,12,21,25H,7-8,10H2,(H,26,27)/t12-/m1/s1. The molecule has 8 heteroatoms. The summed E-state index contributed by atoms with van der Waals surface area (Å²) in [6.45, 7) is 1.18. The molecule has 7 nitrogen and oxygen atoms in total. The molecule has 2 heterocycles. The van der Waals surface area contributed by atoms with Gasteiger partial charge in [-0.15, -0.1) is 0 Å². The molecule has 3 N–H and O–H groups in total. The van der Waals surface area contributed by atoms with Crippen molar-refractivity contribution < 1.29 is 19.4 Å². The van der Waals surface area contributed by atoms with Crippen LogP contribution in [0.15, 0.2) is 42.5 Å². The number of anilines is 1. The lowest BCUT2D eigenvalue weighted by molar-refractivity contribution is 0.199. The summed E-state index contributed by atoms with van der Waals surface area (Å²) in [5.74, 6) is -0.231. The number of para-hydroxylation sites is 1. The Morgan fingerprint density at radius 2 is 2.04 bits per heavy atom. The van der Waals surface area contributed by atoms with Crippen LogP contribution in [0.5, 0.6) is 5.75 Å². The predicted octanol–water partition coefficient (Wildman–Crippen LogP) is 2.99. The zero-order valence-electron chi connectivity index (χ0n) is 14.3. The normalized spacial score (nSPS) is 16.6. The molecule has 0 saturated carbocycles. The van der Waals surface area contributed by atoms with E-state index in [1.54, 1.807) is 18.2 Å². The molecule has 0 aliphatic carbocycles. The number of hydrogen-bond donors (Lipinski definition) is 3. The van der Waals surface area contributed by atoms with Gasteiger partial charge in [0.2, 0.25) is 0 Å². The van der Waals surface area contributed by atoms with Crippen LogP contribution in [0.3, 0.4) is 0 Å². The van der Waals surface area contributed by atoms with E-state index in [2.05, 4.69) is 15.3 Å². The molecule has 1 aliphatic rings. The summed E-state index contributed by atoms with van der Waals surface area (Å²) in [5, 5.41) is 23.4. The van der Waals surface area contributed by atoms with Gasteiger partial charge in [0.15, 0.2) is 5.82 Å². The Balaban J connectivity index is 1.97. The van der Waals surface area contributed by atoms with E-state index >= 15 is 0 Å². The number of rotatable bonds is 3. The minimum atomic E-state index is -1.17. The number of phenolic OH excluding ortho intramolecular Hbond substituents is 1. The van der Waals surface area contributed by atoms with Crippen LogP contribution < -0.4 is 10.2 Å². The van der Waals surface area contributed by atoms with Crippen LogP contribution in [0.25, 0.3) is 22.3 Å². The lowest BCUT2D eigenvalue weighted by Gasteiger charge is -2.26. The van der Waals surface area contributed by atoms with Crippen LogP contribution in [-0.2, 0) is 0 Å². The van der Waals surface area contributed by atoms with E-state index in [-0.39, 0.29) is 23.4 Å². The third kappa shape index (κ3) is 3.15. The molecule has 1 fully saturated rings. The fraction of sp³-hybridized carbons (Fsp3) is 0.211. The summed E-state index contributed by atoms with van der Waals surface area (Å²) in [6.07, 6.45) is -0.546. The number of hydrogen-bond acceptors (Lipinski definition) is 5. The topological polar surface area (TPSA) is 98.6 Å². The first kappa shape index (κ1) is 17.2. The molecule has 0 spiro atoms. The van der Waals surface area contributed by atoms with Gasteiger partial charge in [-0.05, 0) is 43.3 Å². The minimum Gasteiger partial charge on any atom is -0.507 e. The van der Waals surface area contributed by atoms with Crippen LogP contribution in [-0.4, -0.2) is 45.4 Å². The van der Waals surface area contributed by atoms with E-state index in [9.17, 15) is 19.4 Å². The second-order valence-corrected chi connectivity index (χ2v) is 6.35. The Morgan fingerprint density at radius 1 is 1.22 bits per heavy atom. The van der Waals surface area contributed by atoms with Crippen molar-refractivity contribution in [2.45, 2.75) is 12.5 Å². The van der Waals surface area contributed by atoms with Gasteiger partial charge < -0.3 is 15.5 Å². The number of benzene rings is 2. The second kappa shape index (κ2) is 6.81. The van der Waals surface area contributed by atoms with Gasteiger partial charge in [0.25, 0.3) is 0 Å². The van der Waals surface area contributed by atoms with Crippen molar-refractivity contribution in [2.75, 3.05) is 18.0 Å². The molecule has 4 rings (SSSR count). The van der Waals surface area contributed by atoms with Gasteiger partial charge in [-0.1, -0.05) is 12.1 Å². The summed E-state index contributed by atoms with van der Waals surface area (Å²) in [4.78, 5) is 22.0. The molecular formula is C19H17FN4O3. The Labute approximate surface area is 154 Å². The molecule has 27 heavy (non-hydrogen) atoms. The Morgan fingerprint density at radius 3 is 2.74 bits per heavy atom. The van der Waals surface area contributed by atoms with Crippen molar-refractivity contribution in [1.29, 1.82) is 0 Å². The molecule has 1 aliphatic heterocycles. The van der Waals surface area contributed by atoms with Gasteiger partial charge in [0.05, 0.1) is 17.1 Å². The molecular weight excluding hydrogens is 351 g/mol. The monoisotopic (exact) mass is 368 g/mol. The number of nitrogens with one attached hydrogen (secondary N) is 1. The van der Waals surface area contributed by atoms with Gasteiger partial charge in [0, 0.05) is 11.9 Å². The van der Waals surface area contributed by atoms with Gasteiger partial charge in [-0.3, -0.25) is 4.90 Å². The SMILES string of the molecule is O=C(O)N(c1nc(-c2ccccc2O)nc2ccc(F)cc12)[C@@H]1CCNC1. The second-order valence-electron chi connectivity index (χ2n) is 6.35. The quantitative estimate of drug-likeness (QED) is 0.657. The molecule has 0 unspecified atom stereocenters. The highest BCUT2D eigenvalue weighted by Gasteiger charge is 2.31. The zero-order chi connectivity index (χ0) is 19.0. The third-order valence-corrected chi connectivity index (χ3v) is 4.62. The molecule has 1 aromatic heterocycles. The van der Waals surface area contributed by atoms with Crippen LogP contribution in [0.2, 0.25) is 0 Å². The molecule has 0 bridgehead atoms. The minimum absolute atomic E-state index is 0.0191. The third-order valence-electron chi connectivity index (χ3n) is 4.62. The number of aromatic hydroxyl groups is 1. The molecule has 1 amide bonds. The van der Waals surface area contributed by atoms with Crippen molar-refractivity contribution in [3.8, 4) is 17.1 Å². The lowest BCUT2D eigenvalue weighted by atomic mass is 10.1. The summed E-state index contributed by atoms with van der Waals surface area (Å²) >= 11 is 0. The Hall–Kier alpha value is -3.26. The highest BCUT2D eigenvalue weighted by atomic mass is 19.1. The number of aromatic nitrogens is 2. The summed E-state index contributed by atoms with van der Waals surface area (Å²) in [6, 6.07) is 10.2. The molecule has 1 atom stereocenters. The van der Waals surface area contributed by atoms with Crippen molar-refractivity contribution in [2.24, 2.45) is 0 Å². The van der Waals surface area contributed by atoms with Crippen molar-refractivity contribution >= 4 is 22.8 Å². The van der Waals surface area contributed by atoms with E-state index in [1.807, 2.05) is 0 Å². The zero-order valence-corrected chi connectivity index (χ0v) is 14.3. The van der Waals surface area contributed by atoms with E-state index < -0.39 is 11.9 Å². The van der Waals surface area contributed by atoms with E-state index in [0.29, 0.717) is 36.0 Å². The fourth-order valence-corrected chi connectivity index (χ4v) is 3.33. The average molecular weight is 368 g/mol. The maximum Gasteiger partial charge on any atom is 0.413 e. The van der Waals surface area contributed by atoms with Crippen LogP contribution in [0.4, 0.5) is 15.0 Å². The molecule has 3 aromatic rings. The first-order chi connectivity index (χ1) is 13.0. The van der Waals surface area contributed by atoms with Gasteiger partial charge >= 0.3 is 6.09 Å². The highest BCUT2D eigenvalue weighted by molar-refractivity contribution is 5.99. The molecule has 2 aromatic carbocycles. The first-order valence-electron chi connectivity index (χ1n) is 8.53. The number of carbonyl (C=O) groups is 1. The Kier molecular flexibility index (Phi) is 4.33. The molecule has 0 radical (unpaired) electrons.